The Kier molecular flexibility index (Phi) is 4.35. The number of aliphatic hydroxyl groups excluding tert-OH is 4. The zero-order valence-corrected chi connectivity index (χ0v) is 8.91. The van der Waals surface area contributed by atoms with E-state index in [1.807, 2.05) is 0 Å². The zero-order valence-electron chi connectivity index (χ0n) is 9.09. The molecule has 0 amide bonds. The lowest BCUT2D eigenvalue weighted by atomic mass is 10.0. The van der Waals surface area contributed by atoms with E-state index < -0.39 is 45.9 Å². The third-order valence-electron chi connectivity index (χ3n) is 2.03. The molecule has 0 fully saturated rings. The third kappa shape index (κ3) is 2.56. The van der Waals surface area contributed by atoms with E-state index in [2.05, 4.69) is 0 Å². The minimum Gasteiger partial charge on any atom is -0.394 e. The predicted molar refractivity (Wildman–Crippen MR) is 51.0 cm³/mol. The average Bonchev–Trinajstić information content (AvgIpc) is 2.34. The molecule has 4 atom stereocenters. The largest absolute Gasteiger partial charge is 0.394 e. The summed E-state index contributed by atoms with van der Waals surface area (Å²) in [4.78, 5) is 6.89. The fourth-order valence-electron chi connectivity index (χ4n) is 1.02. The Bertz CT molecular complexity index is 357. The smallest absolute Gasteiger partial charge is 0.227 e. The molecule has 0 aliphatic heterocycles. The van der Waals surface area contributed by atoms with Crippen molar-refractivity contribution in [1.29, 1.82) is 0 Å². The van der Waals surface area contributed by atoms with E-state index in [0.29, 0.717) is 0 Å². The van der Waals surface area contributed by atoms with Crippen LogP contribution in [-0.2, 0) is 14.6 Å². The molecule has 9 heteroatoms. The van der Waals surface area contributed by atoms with Crippen molar-refractivity contribution in [3.8, 4) is 0 Å². The van der Waals surface area contributed by atoms with Gasteiger partial charge in [0.2, 0.25) is 4.93 Å². The van der Waals surface area contributed by atoms with Crippen LogP contribution in [0.1, 0.15) is 1.37 Å². The van der Waals surface area contributed by atoms with Crippen molar-refractivity contribution in [2.45, 2.75) is 23.2 Å². The summed E-state index contributed by atoms with van der Waals surface area (Å²) >= 11 is 0. The second-order valence-corrected chi connectivity index (χ2v) is 5.03. The molecule has 0 saturated heterocycles. The first-order valence-corrected chi connectivity index (χ1v) is 5.68. The van der Waals surface area contributed by atoms with Crippen molar-refractivity contribution in [2.75, 3.05) is 12.8 Å². The Morgan fingerprint density at radius 1 is 1.44 bits per heavy atom. The second-order valence-electron chi connectivity index (χ2n) is 3.14. The van der Waals surface area contributed by atoms with Crippen molar-refractivity contribution in [3.05, 3.63) is 0 Å². The molecule has 0 aliphatic carbocycles. The number of carbonyl (C=O) groups is 1. The molecule has 0 bridgehead atoms. The van der Waals surface area contributed by atoms with Gasteiger partial charge in [0.15, 0.2) is 22.2 Å². The van der Waals surface area contributed by atoms with Crippen molar-refractivity contribution >= 4 is 16.1 Å². The van der Waals surface area contributed by atoms with Crippen LogP contribution >= 0.6 is 0 Å². The highest BCUT2D eigenvalue weighted by Crippen LogP contribution is 2.24. The molecule has 0 spiro atoms. The van der Waals surface area contributed by atoms with Gasteiger partial charge in [0.1, 0.15) is 12.2 Å². The molecule has 0 heterocycles. The number of aldehydes is 1. The van der Waals surface area contributed by atoms with Crippen LogP contribution in [-0.4, -0.2) is 76.3 Å². The van der Waals surface area contributed by atoms with Gasteiger partial charge in [0.25, 0.3) is 0 Å². The number of hydrogen-bond acceptors (Lipinski definition) is 8. The minimum absolute atomic E-state index is 0.361. The van der Waals surface area contributed by atoms with Gasteiger partial charge in [-0.15, -0.1) is 0 Å². The quantitative estimate of drug-likeness (QED) is 0.302. The van der Waals surface area contributed by atoms with E-state index in [9.17, 15) is 23.4 Å². The van der Waals surface area contributed by atoms with E-state index in [-0.39, 0.29) is 6.29 Å². The molecule has 96 valence electrons. The van der Waals surface area contributed by atoms with Crippen LogP contribution in [0.4, 0.5) is 0 Å². The molecule has 0 aliphatic rings. The summed E-state index contributed by atoms with van der Waals surface area (Å²) in [5, 5.41) is 45.7. The first kappa shape index (κ1) is 13.5. The van der Waals surface area contributed by atoms with Crippen molar-refractivity contribution in [3.63, 3.8) is 0 Å². The topological polar surface area (TPSA) is 152 Å². The zero-order chi connectivity index (χ0) is 13.9. The number of hydrogen-bond donors (Lipinski definition) is 5. The second kappa shape index (κ2) is 5.17. The summed E-state index contributed by atoms with van der Waals surface area (Å²) in [6, 6.07) is 0. The van der Waals surface area contributed by atoms with E-state index in [0.717, 1.165) is 0 Å². The van der Waals surface area contributed by atoms with Crippen LogP contribution < -0.4 is 0 Å². The van der Waals surface area contributed by atoms with Crippen LogP contribution in [0.5, 0.6) is 0 Å². The fraction of sp³-hybridized carbons (Fsp3) is 0.857. The standard InChI is InChI=1S/C7H14O8S/c1-16(14,15)7(13,5(11)3-9)6(12)4(10)2-8/h3-6,8,10-13H,2H2,1H3/t4-,5+,6-,7+/m1/s1/i1D. The molecule has 0 unspecified atom stereocenters. The monoisotopic (exact) mass is 259 g/mol. The van der Waals surface area contributed by atoms with Gasteiger partial charge >= 0.3 is 0 Å². The molecule has 0 aromatic carbocycles. The molecule has 5 N–H and O–H groups in total. The third-order valence-corrected chi connectivity index (χ3v) is 3.51. The molecule has 0 radical (unpaired) electrons. The highest BCUT2D eigenvalue weighted by Gasteiger charge is 2.54. The van der Waals surface area contributed by atoms with Crippen LogP contribution in [0.3, 0.4) is 0 Å². The van der Waals surface area contributed by atoms with Crippen molar-refractivity contribution < 1.29 is 40.1 Å². The van der Waals surface area contributed by atoms with Crippen LogP contribution in [0.2, 0.25) is 0 Å². The van der Waals surface area contributed by atoms with Gasteiger partial charge in [-0.2, -0.15) is 0 Å². The van der Waals surface area contributed by atoms with Gasteiger partial charge in [-0.1, -0.05) is 0 Å². The van der Waals surface area contributed by atoms with Gasteiger partial charge in [-0.05, 0) is 0 Å². The summed E-state index contributed by atoms with van der Waals surface area (Å²) in [6.07, 6.45) is -8.99. The van der Waals surface area contributed by atoms with Gasteiger partial charge in [-0.3, -0.25) is 0 Å². The molecule has 0 aromatic rings. The summed E-state index contributed by atoms with van der Waals surface area (Å²) in [5.74, 6) is 0. The first-order valence-electron chi connectivity index (χ1n) is 4.74. The predicted octanol–water partition coefficient (Wildman–Crippen LogP) is -4.01. The lowest BCUT2D eigenvalue weighted by Crippen LogP contribution is -2.62. The average molecular weight is 259 g/mol. The molecular weight excluding hydrogens is 244 g/mol. The van der Waals surface area contributed by atoms with E-state index in [1.54, 1.807) is 0 Å². The molecular formula is C7H14O8S. The van der Waals surface area contributed by atoms with Gasteiger partial charge in [0.05, 0.1) is 6.61 Å². The molecule has 8 nitrogen and oxygen atoms in total. The normalized spacial score (nSPS) is 22.7. The Labute approximate surface area is 93.1 Å². The van der Waals surface area contributed by atoms with E-state index >= 15 is 0 Å². The Morgan fingerprint density at radius 3 is 2.25 bits per heavy atom. The van der Waals surface area contributed by atoms with Gasteiger partial charge in [0, 0.05) is 7.60 Å². The number of aliphatic hydroxyl groups is 5. The lowest BCUT2D eigenvalue weighted by Gasteiger charge is -2.34. The number of rotatable bonds is 6. The molecule has 0 rings (SSSR count). The highest BCUT2D eigenvalue weighted by molar-refractivity contribution is 7.92. The van der Waals surface area contributed by atoms with Gasteiger partial charge in [-0.25, -0.2) is 8.42 Å². The maximum atomic E-state index is 11.4. The summed E-state index contributed by atoms with van der Waals surface area (Å²) in [7, 11) is -4.81. The van der Waals surface area contributed by atoms with Crippen LogP contribution in [0, 0.1) is 0 Å². The minimum atomic E-state index is -4.81. The summed E-state index contributed by atoms with van der Waals surface area (Å²) in [5.41, 5.74) is 0. The maximum absolute atomic E-state index is 11.4. The maximum Gasteiger partial charge on any atom is 0.227 e. The van der Waals surface area contributed by atoms with E-state index in [4.69, 9.17) is 16.7 Å². The molecule has 0 aromatic heterocycles. The summed E-state index contributed by atoms with van der Waals surface area (Å²) in [6.45, 7) is -1.11. The summed E-state index contributed by atoms with van der Waals surface area (Å²) < 4.78 is 29.4. The van der Waals surface area contributed by atoms with Crippen LogP contribution in [0.25, 0.3) is 0 Å². The number of carbonyl (C=O) groups excluding carboxylic acids is 1. The first-order chi connectivity index (χ1) is 7.68. The molecule has 16 heavy (non-hydrogen) atoms. The van der Waals surface area contributed by atoms with E-state index in [1.165, 1.54) is 0 Å². The Morgan fingerprint density at radius 2 is 1.94 bits per heavy atom. The number of sulfone groups is 1. The highest BCUT2D eigenvalue weighted by atomic mass is 32.2. The Hall–Kier alpha value is -0.580. The van der Waals surface area contributed by atoms with Crippen LogP contribution in [0.15, 0.2) is 0 Å². The SMILES string of the molecule is [2H]CS(=O)(=O)[C@](O)([C@H](O)[C@H](O)CO)[C@@H](O)C=O. The molecule has 0 saturated carbocycles. The van der Waals surface area contributed by atoms with Crippen molar-refractivity contribution in [2.24, 2.45) is 0 Å². The van der Waals surface area contributed by atoms with Crippen molar-refractivity contribution in [1.82, 2.24) is 0 Å². The lowest BCUT2D eigenvalue weighted by molar-refractivity contribution is -0.148. The Balaban J connectivity index is 5.64. The van der Waals surface area contributed by atoms with Gasteiger partial charge < -0.3 is 30.3 Å². The fourth-order valence-corrected chi connectivity index (χ4v) is 1.96.